The lowest BCUT2D eigenvalue weighted by atomic mass is 9.95. The van der Waals surface area contributed by atoms with Crippen molar-refractivity contribution in [2.24, 2.45) is 5.73 Å². The molecule has 5 heteroatoms. The first-order chi connectivity index (χ1) is 10.1. The molecule has 1 aromatic rings. The van der Waals surface area contributed by atoms with E-state index in [4.69, 9.17) is 22.1 Å². The number of rotatable bonds is 5. The molecule has 1 unspecified atom stereocenters. The average molecular weight is 311 g/mol. The summed E-state index contributed by atoms with van der Waals surface area (Å²) < 4.78 is 5.75. The van der Waals surface area contributed by atoms with Gasteiger partial charge < -0.3 is 15.8 Å². The van der Waals surface area contributed by atoms with Gasteiger partial charge in [0.2, 0.25) is 0 Å². The number of nitrogens with two attached hydrogens (primary N) is 1. The predicted molar refractivity (Wildman–Crippen MR) is 84.4 cm³/mol. The van der Waals surface area contributed by atoms with Gasteiger partial charge >= 0.3 is 0 Å². The Morgan fingerprint density at radius 2 is 2.14 bits per heavy atom. The molecule has 1 amide bonds. The molecule has 2 rings (SSSR count). The third kappa shape index (κ3) is 4.35. The molecular formula is C16H23ClN2O2. The zero-order valence-corrected chi connectivity index (χ0v) is 13.2. The zero-order valence-electron chi connectivity index (χ0n) is 12.4. The molecule has 1 aromatic carbocycles. The maximum atomic E-state index is 12.2. The van der Waals surface area contributed by atoms with E-state index in [2.05, 4.69) is 5.32 Å². The van der Waals surface area contributed by atoms with Crippen LogP contribution in [0.5, 0.6) is 5.75 Å². The van der Waals surface area contributed by atoms with Crippen LogP contribution in [-0.2, 0) is 11.3 Å². The van der Waals surface area contributed by atoms with Crippen LogP contribution in [0.25, 0.3) is 0 Å². The maximum absolute atomic E-state index is 12.2. The van der Waals surface area contributed by atoms with Crippen molar-refractivity contribution in [2.45, 2.75) is 57.7 Å². The number of ether oxygens (including phenoxy) is 1. The van der Waals surface area contributed by atoms with Crippen molar-refractivity contribution in [2.75, 3.05) is 0 Å². The minimum atomic E-state index is -0.586. The lowest BCUT2D eigenvalue weighted by Crippen LogP contribution is -2.43. The second-order valence-electron chi connectivity index (χ2n) is 5.54. The Kier molecular flexibility index (Phi) is 5.88. The monoisotopic (exact) mass is 310 g/mol. The fourth-order valence-corrected chi connectivity index (χ4v) is 2.88. The summed E-state index contributed by atoms with van der Waals surface area (Å²) in [5.74, 6) is 0.415. The van der Waals surface area contributed by atoms with Gasteiger partial charge in [0, 0.05) is 18.2 Å². The van der Waals surface area contributed by atoms with E-state index in [9.17, 15) is 4.79 Å². The van der Waals surface area contributed by atoms with Crippen molar-refractivity contribution in [1.82, 2.24) is 5.32 Å². The largest absolute Gasteiger partial charge is 0.479 e. The summed E-state index contributed by atoms with van der Waals surface area (Å²) in [6.07, 6.45) is 5.15. The summed E-state index contributed by atoms with van der Waals surface area (Å²) in [5.41, 5.74) is 6.49. The van der Waals surface area contributed by atoms with Gasteiger partial charge in [-0.1, -0.05) is 43.0 Å². The summed E-state index contributed by atoms with van der Waals surface area (Å²) in [4.78, 5) is 12.2. The molecule has 0 heterocycles. The van der Waals surface area contributed by atoms with Crippen molar-refractivity contribution >= 4 is 17.5 Å². The van der Waals surface area contributed by atoms with Crippen LogP contribution in [0.1, 0.15) is 44.6 Å². The minimum absolute atomic E-state index is 0.0928. The highest BCUT2D eigenvalue weighted by atomic mass is 35.5. The third-order valence-corrected chi connectivity index (χ3v) is 4.18. The van der Waals surface area contributed by atoms with Gasteiger partial charge in [-0.25, -0.2) is 0 Å². The van der Waals surface area contributed by atoms with Crippen molar-refractivity contribution in [1.29, 1.82) is 0 Å². The second kappa shape index (κ2) is 7.66. The molecule has 1 aliphatic carbocycles. The number of amides is 1. The second-order valence-corrected chi connectivity index (χ2v) is 5.94. The quantitative estimate of drug-likeness (QED) is 0.878. The van der Waals surface area contributed by atoms with Crippen molar-refractivity contribution in [3.63, 3.8) is 0 Å². The fraction of sp³-hybridized carbons (Fsp3) is 0.562. The number of nitrogens with one attached hydrogen (secondary N) is 1. The van der Waals surface area contributed by atoms with Crippen LogP contribution < -0.4 is 15.8 Å². The van der Waals surface area contributed by atoms with Crippen molar-refractivity contribution in [3.05, 3.63) is 28.8 Å². The van der Waals surface area contributed by atoms with Gasteiger partial charge in [0.15, 0.2) is 6.10 Å². The lowest BCUT2D eigenvalue weighted by molar-refractivity contribution is -0.128. The Morgan fingerprint density at radius 1 is 1.43 bits per heavy atom. The minimum Gasteiger partial charge on any atom is -0.479 e. The smallest absolute Gasteiger partial charge is 0.260 e. The summed E-state index contributed by atoms with van der Waals surface area (Å²) in [6.45, 7) is 2.06. The van der Waals surface area contributed by atoms with E-state index in [1.54, 1.807) is 13.0 Å². The topological polar surface area (TPSA) is 64.3 Å². The Balaban J connectivity index is 1.97. The van der Waals surface area contributed by atoms with E-state index < -0.39 is 6.10 Å². The van der Waals surface area contributed by atoms with Crippen LogP contribution in [-0.4, -0.2) is 18.1 Å². The molecule has 0 bridgehead atoms. The molecule has 116 valence electrons. The molecule has 1 aliphatic rings. The number of hydrogen-bond donors (Lipinski definition) is 2. The lowest BCUT2D eigenvalue weighted by Gasteiger charge is -2.25. The molecule has 0 aromatic heterocycles. The molecule has 0 aliphatic heterocycles. The summed E-state index contributed by atoms with van der Waals surface area (Å²) in [7, 11) is 0. The van der Waals surface area contributed by atoms with Gasteiger partial charge in [-0.2, -0.15) is 0 Å². The molecule has 0 saturated heterocycles. The van der Waals surface area contributed by atoms with E-state index in [0.29, 0.717) is 17.3 Å². The number of para-hydroxylation sites is 1. The number of halogens is 1. The molecular weight excluding hydrogens is 288 g/mol. The van der Waals surface area contributed by atoms with Gasteiger partial charge in [0.25, 0.3) is 5.91 Å². The molecule has 21 heavy (non-hydrogen) atoms. The van der Waals surface area contributed by atoms with Crippen molar-refractivity contribution in [3.8, 4) is 5.75 Å². The van der Waals surface area contributed by atoms with E-state index in [-0.39, 0.29) is 11.9 Å². The Labute approximate surface area is 131 Å². The van der Waals surface area contributed by atoms with E-state index >= 15 is 0 Å². The SMILES string of the molecule is CC(Oc1c(Cl)cccc1CN)C(=O)NC1CCCCC1. The van der Waals surface area contributed by atoms with Gasteiger partial charge in [0.1, 0.15) is 5.75 Å². The normalized spacial score (nSPS) is 17.3. The Bertz CT molecular complexity index is 487. The number of benzene rings is 1. The van der Waals surface area contributed by atoms with Gasteiger partial charge in [-0.3, -0.25) is 4.79 Å². The van der Waals surface area contributed by atoms with Crippen molar-refractivity contribution < 1.29 is 9.53 Å². The fourth-order valence-electron chi connectivity index (χ4n) is 2.64. The van der Waals surface area contributed by atoms with Crippen LogP contribution in [0.2, 0.25) is 5.02 Å². The molecule has 4 nitrogen and oxygen atoms in total. The standard InChI is InChI=1S/C16H23ClN2O2/c1-11(16(20)19-13-7-3-2-4-8-13)21-15-12(10-18)6-5-9-14(15)17/h5-6,9,11,13H,2-4,7-8,10,18H2,1H3,(H,19,20). The highest BCUT2D eigenvalue weighted by molar-refractivity contribution is 6.32. The summed E-state index contributed by atoms with van der Waals surface area (Å²) in [6, 6.07) is 5.69. The molecule has 0 radical (unpaired) electrons. The van der Waals surface area contributed by atoms with Crippen LogP contribution in [0.15, 0.2) is 18.2 Å². The Hall–Kier alpha value is -1.26. The maximum Gasteiger partial charge on any atom is 0.260 e. The van der Waals surface area contributed by atoms with Crippen LogP contribution in [0.4, 0.5) is 0 Å². The highest BCUT2D eigenvalue weighted by Gasteiger charge is 2.22. The average Bonchev–Trinajstić information content (AvgIpc) is 2.50. The molecule has 1 atom stereocenters. The van der Waals surface area contributed by atoms with Crippen LogP contribution in [0, 0.1) is 0 Å². The van der Waals surface area contributed by atoms with Gasteiger partial charge in [-0.15, -0.1) is 0 Å². The first kappa shape index (κ1) is 16.1. The number of carbonyl (C=O) groups is 1. The zero-order chi connectivity index (χ0) is 15.2. The molecule has 1 fully saturated rings. The molecule has 0 spiro atoms. The highest BCUT2D eigenvalue weighted by Crippen LogP contribution is 2.29. The van der Waals surface area contributed by atoms with E-state index in [0.717, 1.165) is 18.4 Å². The van der Waals surface area contributed by atoms with Gasteiger partial charge in [-0.05, 0) is 25.8 Å². The first-order valence-electron chi connectivity index (χ1n) is 7.56. The first-order valence-corrected chi connectivity index (χ1v) is 7.94. The van der Waals surface area contributed by atoms with Crippen LogP contribution >= 0.6 is 11.6 Å². The molecule has 1 saturated carbocycles. The Morgan fingerprint density at radius 3 is 2.81 bits per heavy atom. The third-order valence-electron chi connectivity index (χ3n) is 3.88. The molecule has 3 N–H and O–H groups in total. The van der Waals surface area contributed by atoms with E-state index in [1.165, 1.54) is 19.3 Å². The predicted octanol–water partition coefficient (Wildman–Crippen LogP) is 3.01. The summed E-state index contributed by atoms with van der Waals surface area (Å²) >= 11 is 6.14. The van der Waals surface area contributed by atoms with Gasteiger partial charge in [0.05, 0.1) is 5.02 Å². The van der Waals surface area contributed by atoms with Crippen LogP contribution in [0.3, 0.4) is 0 Å². The summed E-state index contributed by atoms with van der Waals surface area (Å²) in [5, 5.41) is 3.54. The van der Waals surface area contributed by atoms with E-state index in [1.807, 2.05) is 12.1 Å². The number of hydrogen-bond acceptors (Lipinski definition) is 3. The number of carbonyl (C=O) groups excluding carboxylic acids is 1.